The van der Waals surface area contributed by atoms with Gasteiger partial charge in [0.2, 0.25) is 5.95 Å². The van der Waals surface area contributed by atoms with Gasteiger partial charge in [0.1, 0.15) is 12.2 Å². The molecule has 0 unspecified atom stereocenters. The molecule has 0 saturated carbocycles. The zero-order valence-corrected chi connectivity index (χ0v) is 26.5. The van der Waals surface area contributed by atoms with Gasteiger partial charge in [-0.2, -0.15) is 10.1 Å². The highest BCUT2D eigenvalue weighted by Crippen LogP contribution is 2.31. The van der Waals surface area contributed by atoms with Crippen molar-refractivity contribution in [3.8, 4) is 0 Å². The molecule has 3 aromatic heterocycles. The number of rotatable bonds is 11. The van der Waals surface area contributed by atoms with Gasteiger partial charge < -0.3 is 29.4 Å². The number of furan rings is 1. The normalized spacial score (nSPS) is 17.5. The zero-order chi connectivity index (χ0) is 29.1. The summed E-state index contributed by atoms with van der Waals surface area (Å²) < 4.78 is 19.3. The number of nitrogens with one attached hydrogen (secondary N) is 2. The summed E-state index contributed by atoms with van der Waals surface area (Å²) in [5.74, 6) is 2.10. The lowest BCUT2D eigenvalue weighted by Crippen LogP contribution is -2.42. The molecular weight excluding hydrogens is 546 g/mol. The number of benzene rings is 1. The summed E-state index contributed by atoms with van der Waals surface area (Å²) in [6.07, 6.45) is 6.20. The van der Waals surface area contributed by atoms with Crippen molar-refractivity contribution in [1.82, 2.24) is 25.1 Å². The summed E-state index contributed by atoms with van der Waals surface area (Å²) in [5, 5.41) is 13.1. The highest BCUT2D eigenvalue weighted by molar-refractivity contribution is 6.76. The molecule has 4 aromatic rings. The van der Waals surface area contributed by atoms with E-state index in [0.717, 1.165) is 110 Å². The van der Waals surface area contributed by atoms with Crippen LogP contribution in [-0.2, 0) is 16.2 Å². The van der Waals surface area contributed by atoms with E-state index in [9.17, 15) is 0 Å². The average Bonchev–Trinajstić information content (AvgIpc) is 3.58. The van der Waals surface area contributed by atoms with E-state index in [2.05, 4.69) is 53.4 Å². The molecule has 2 saturated heterocycles. The molecular formula is C31H45N7O3Si. The molecule has 11 heteroatoms. The van der Waals surface area contributed by atoms with Crippen LogP contribution in [0, 0.1) is 12.8 Å². The van der Waals surface area contributed by atoms with Crippen molar-refractivity contribution >= 4 is 47.5 Å². The summed E-state index contributed by atoms with van der Waals surface area (Å²) in [6.45, 7) is 15.1. The highest BCUT2D eigenvalue weighted by Gasteiger charge is 2.25. The number of aromatic nitrogens is 4. The molecule has 0 amide bonds. The van der Waals surface area contributed by atoms with Gasteiger partial charge in [-0.25, -0.2) is 9.67 Å². The van der Waals surface area contributed by atoms with Crippen molar-refractivity contribution in [3.05, 3.63) is 36.2 Å². The Bertz CT molecular complexity index is 1480. The SMILES string of the molecule is Cc1nn(COCC[Si](C)(C)C)c2cc(Nc3nc(N4CCC(CNC5CCOCC5)CC4)c4occc4n3)ccc12. The van der Waals surface area contributed by atoms with Crippen LogP contribution in [0.1, 0.15) is 31.4 Å². The molecule has 2 N–H and O–H groups in total. The lowest BCUT2D eigenvalue weighted by Gasteiger charge is -2.34. The van der Waals surface area contributed by atoms with Crippen LogP contribution >= 0.6 is 0 Å². The van der Waals surface area contributed by atoms with Crippen molar-refractivity contribution in [2.24, 2.45) is 5.92 Å². The minimum Gasteiger partial charge on any atom is -0.459 e. The summed E-state index contributed by atoms with van der Waals surface area (Å²) in [6, 6.07) is 9.92. The van der Waals surface area contributed by atoms with Crippen LogP contribution in [0.2, 0.25) is 25.7 Å². The Hall–Kier alpha value is -2.99. The zero-order valence-electron chi connectivity index (χ0n) is 25.5. The number of piperidine rings is 1. The number of ether oxygens (including phenoxy) is 2. The van der Waals surface area contributed by atoms with Crippen LogP contribution in [-0.4, -0.2) is 73.3 Å². The Morgan fingerprint density at radius 3 is 2.64 bits per heavy atom. The first-order valence-electron chi connectivity index (χ1n) is 15.5. The maximum Gasteiger partial charge on any atom is 0.229 e. The predicted octanol–water partition coefficient (Wildman–Crippen LogP) is 5.92. The van der Waals surface area contributed by atoms with Crippen LogP contribution in [0.4, 0.5) is 17.5 Å². The van der Waals surface area contributed by atoms with Gasteiger partial charge in [-0.15, -0.1) is 0 Å². The molecule has 0 aliphatic carbocycles. The van der Waals surface area contributed by atoms with Crippen LogP contribution in [0.15, 0.2) is 34.9 Å². The van der Waals surface area contributed by atoms with E-state index in [1.54, 1.807) is 6.26 Å². The summed E-state index contributed by atoms with van der Waals surface area (Å²) >= 11 is 0. The minimum atomic E-state index is -1.14. The molecule has 6 rings (SSSR count). The highest BCUT2D eigenvalue weighted by atomic mass is 28.3. The van der Waals surface area contributed by atoms with Crippen LogP contribution < -0.4 is 15.5 Å². The van der Waals surface area contributed by atoms with E-state index < -0.39 is 8.07 Å². The second-order valence-electron chi connectivity index (χ2n) is 13.0. The molecule has 10 nitrogen and oxygen atoms in total. The van der Waals surface area contributed by atoms with Crippen molar-refractivity contribution in [1.29, 1.82) is 0 Å². The molecule has 2 aliphatic heterocycles. The Balaban J connectivity index is 1.13. The quantitative estimate of drug-likeness (QED) is 0.162. The lowest BCUT2D eigenvalue weighted by atomic mass is 9.96. The van der Waals surface area contributed by atoms with Crippen LogP contribution in [0.25, 0.3) is 22.0 Å². The molecule has 42 heavy (non-hydrogen) atoms. The number of fused-ring (bicyclic) bond motifs is 2. The number of nitrogens with zero attached hydrogens (tertiary/aromatic N) is 5. The van der Waals surface area contributed by atoms with Gasteiger partial charge in [0.05, 0.1) is 17.5 Å². The maximum absolute atomic E-state index is 6.02. The number of anilines is 3. The maximum atomic E-state index is 6.02. The first kappa shape index (κ1) is 29.1. The van der Waals surface area contributed by atoms with Gasteiger partial charge in [-0.05, 0) is 69.3 Å². The molecule has 5 heterocycles. The van der Waals surface area contributed by atoms with E-state index in [0.29, 0.717) is 24.6 Å². The van der Waals surface area contributed by atoms with Gasteiger partial charge in [0, 0.05) is 64.2 Å². The van der Waals surface area contributed by atoms with Crippen molar-refractivity contribution in [3.63, 3.8) is 0 Å². The third-order valence-electron chi connectivity index (χ3n) is 8.52. The van der Waals surface area contributed by atoms with Gasteiger partial charge in [0.15, 0.2) is 11.4 Å². The second-order valence-corrected chi connectivity index (χ2v) is 18.6. The summed E-state index contributed by atoms with van der Waals surface area (Å²) in [4.78, 5) is 12.1. The van der Waals surface area contributed by atoms with E-state index in [-0.39, 0.29) is 0 Å². The third-order valence-corrected chi connectivity index (χ3v) is 10.2. The van der Waals surface area contributed by atoms with Crippen molar-refractivity contribution in [2.45, 2.75) is 71.1 Å². The minimum absolute atomic E-state index is 0.445. The first-order chi connectivity index (χ1) is 20.3. The molecule has 2 fully saturated rings. The van der Waals surface area contributed by atoms with Gasteiger partial charge in [-0.1, -0.05) is 19.6 Å². The van der Waals surface area contributed by atoms with Gasteiger partial charge in [0.25, 0.3) is 0 Å². The topological polar surface area (TPSA) is 102 Å². The fourth-order valence-electron chi connectivity index (χ4n) is 5.88. The average molecular weight is 592 g/mol. The fraction of sp³-hybridized carbons (Fsp3) is 0.581. The number of hydrogen-bond donors (Lipinski definition) is 2. The van der Waals surface area contributed by atoms with E-state index in [1.807, 2.05) is 17.7 Å². The fourth-order valence-corrected chi connectivity index (χ4v) is 6.63. The summed E-state index contributed by atoms with van der Waals surface area (Å²) in [7, 11) is -1.14. The van der Waals surface area contributed by atoms with Crippen LogP contribution in [0.3, 0.4) is 0 Å². The Morgan fingerprint density at radius 1 is 1.05 bits per heavy atom. The monoisotopic (exact) mass is 591 g/mol. The molecule has 226 valence electrons. The Kier molecular flexibility index (Phi) is 8.80. The number of hydrogen-bond acceptors (Lipinski definition) is 9. The van der Waals surface area contributed by atoms with E-state index in [1.165, 1.54) is 0 Å². The molecule has 1 aromatic carbocycles. The van der Waals surface area contributed by atoms with Gasteiger partial charge in [-0.3, -0.25) is 0 Å². The van der Waals surface area contributed by atoms with Crippen LogP contribution in [0.5, 0.6) is 0 Å². The molecule has 0 atom stereocenters. The largest absolute Gasteiger partial charge is 0.459 e. The second kappa shape index (κ2) is 12.7. The molecule has 0 radical (unpaired) electrons. The molecule has 0 bridgehead atoms. The predicted molar refractivity (Wildman–Crippen MR) is 170 cm³/mol. The van der Waals surface area contributed by atoms with E-state index >= 15 is 0 Å². The molecule has 0 spiro atoms. The molecule has 2 aliphatic rings. The third kappa shape index (κ3) is 6.96. The smallest absolute Gasteiger partial charge is 0.229 e. The summed E-state index contributed by atoms with van der Waals surface area (Å²) in [5.41, 5.74) is 4.50. The van der Waals surface area contributed by atoms with Crippen molar-refractivity contribution < 1.29 is 13.9 Å². The van der Waals surface area contributed by atoms with Crippen molar-refractivity contribution in [2.75, 3.05) is 49.7 Å². The Labute approximate surface area is 249 Å². The first-order valence-corrected chi connectivity index (χ1v) is 19.2. The lowest BCUT2D eigenvalue weighted by molar-refractivity contribution is 0.0765. The standard InChI is InChI=1S/C31H45N7O3Si/c1-22-26-6-5-25(19-28(26)38(36-22)21-40-17-18-42(2,3)4)33-31-34-27-11-16-41-29(27)30(35-31)37-12-7-23(8-13-37)20-32-24-9-14-39-15-10-24/h5-6,11,16,19,23-24,32H,7-10,12-15,17-18,20-21H2,1-4H3,(H,33,34,35). The number of aryl methyl sites for hydroxylation is 1. The van der Waals surface area contributed by atoms with E-state index in [4.69, 9.17) is 29.0 Å². The Morgan fingerprint density at radius 2 is 1.86 bits per heavy atom. The van der Waals surface area contributed by atoms with Gasteiger partial charge >= 0.3 is 0 Å².